The quantitative estimate of drug-likeness (QED) is 0.725. The molecule has 1 fully saturated rings. The van der Waals surface area contributed by atoms with Crippen molar-refractivity contribution in [1.29, 1.82) is 0 Å². The highest BCUT2D eigenvalue weighted by molar-refractivity contribution is 5.67. The molecule has 0 saturated carbocycles. The summed E-state index contributed by atoms with van der Waals surface area (Å²) in [6.07, 6.45) is -3.84. The second-order valence-corrected chi connectivity index (χ2v) is 3.47. The predicted molar refractivity (Wildman–Crippen MR) is 42.8 cm³/mol. The van der Waals surface area contributed by atoms with Gasteiger partial charge in [0.25, 0.3) is 0 Å². The summed E-state index contributed by atoms with van der Waals surface area (Å²) >= 11 is 0. The van der Waals surface area contributed by atoms with Gasteiger partial charge < -0.3 is 10.4 Å². The van der Waals surface area contributed by atoms with Crippen molar-refractivity contribution in [1.82, 2.24) is 5.32 Å². The van der Waals surface area contributed by atoms with Crippen LogP contribution in [0.5, 0.6) is 0 Å². The zero-order valence-corrected chi connectivity index (χ0v) is 7.47. The second-order valence-electron chi connectivity index (χ2n) is 3.47. The Morgan fingerprint density at radius 3 is 2.64 bits per heavy atom. The average Bonchev–Trinajstić information content (AvgIpc) is 2.01. The maximum atomic E-state index is 12.4. The van der Waals surface area contributed by atoms with Crippen molar-refractivity contribution in [3.8, 4) is 0 Å². The van der Waals surface area contributed by atoms with Crippen LogP contribution in [0.25, 0.3) is 0 Å². The molecule has 6 heteroatoms. The predicted octanol–water partition coefficient (Wildman–Crippen LogP) is 1.39. The van der Waals surface area contributed by atoms with E-state index in [0.717, 1.165) is 0 Å². The standard InChI is InChI=1S/C8H12F3NO2/c9-8(10,11)7-5(4-6(13)14)2-1-3-12-7/h5,7,12H,1-4H2,(H,13,14)/t5-,7-/m1/s1. The normalized spacial score (nSPS) is 28.8. The minimum Gasteiger partial charge on any atom is -0.481 e. The van der Waals surface area contributed by atoms with Crippen LogP contribution in [-0.2, 0) is 4.79 Å². The number of nitrogens with one attached hydrogen (secondary N) is 1. The summed E-state index contributed by atoms with van der Waals surface area (Å²) in [5, 5.41) is 10.8. The summed E-state index contributed by atoms with van der Waals surface area (Å²) in [5.41, 5.74) is 0. The molecule has 0 aliphatic carbocycles. The van der Waals surface area contributed by atoms with Gasteiger partial charge in [-0.3, -0.25) is 4.79 Å². The lowest BCUT2D eigenvalue weighted by atomic mass is 9.88. The Bertz CT molecular complexity index is 217. The van der Waals surface area contributed by atoms with Crippen molar-refractivity contribution in [3.63, 3.8) is 0 Å². The van der Waals surface area contributed by atoms with Gasteiger partial charge in [-0.2, -0.15) is 13.2 Å². The summed E-state index contributed by atoms with van der Waals surface area (Å²) in [5.74, 6) is -2.01. The molecular formula is C8H12F3NO2. The topological polar surface area (TPSA) is 49.3 Å². The lowest BCUT2D eigenvalue weighted by molar-refractivity contribution is -0.175. The molecular weight excluding hydrogens is 199 g/mol. The minimum absolute atomic E-state index is 0.306. The van der Waals surface area contributed by atoms with Gasteiger partial charge in [-0.05, 0) is 25.3 Å². The van der Waals surface area contributed by atoms with Crippen LogP contribution < -0.4 is 5.32 Å². The Morgan fingerprint density at radius 1 is 1.50 bits per heavy atom. The minimum atomic E-state index is -4.35. The van der Waals surface area contributed by atoms with E-state index in [1.165, 1.54) is 0 Å². The van der Waals surface area contributed by atoms with Gasteiger partial charge in [0.05, 0.1) is 0 Å². The third-order valence-corrected chi connectivity index (χ3v) is 2.38. The number of piperidine rings is 1. The Morgan fingerprint density at radius 2 is 2.14 bits per heavy atom. The van der Waals surface area contributed by atoms with Crippen LogP contribution >= 0.6 is 0 Å². The third-order valence-electron chi connectivity index (χ3n) is 2.38. The van der Waals surface area contributed by atoms with Gasteiger partial charge in [0.1, 0.15) is 6.04 Å². The number of hydrogen-bond acceptors (Lipinski definition) is 2. The Balaban J connectivity index is 2.64. The summed E-state index contributed by atoms with van der Waals surface area (Å²) in [6.45, 7) is 0.306. The van der Waals surface area contributed by atoms with Gasteiger partial charge in [-0.25, -0.2) is 0 Å². The number of halogens is 3. The van der Waals surface area contributed by atoms with Crippen LogP contribution in [0, 0.1) is 5.92 Å². The number of hydrogen-bond donors (Lipinski definition) is 2. The van der Waals surface area contributed by atoms with Crippen molar-refractivity contribution >= 4 is 5.97 Å². The number of aliphatic carboxylic acids is 1. The van der Waals surface area contributed by atoms with E-state index in [4.69, 9.17) is 5.11 Å². The van der Waals surface area contributed by atoms with Crippen molar-refractivity contribution in [2.24, 2.45) is 5.92 Å². The molecule has 0 aromatic heterocycles. The van der Waals surface area contributed by atoms with E-state index in [2.05, 4.69) is 5.32 Å². The second kappa shape index (κ2) is 4.16. The highest BCUT2D eigenvalue weighted by Gasteiger charge is 2.45. The van der Waals surface area contributed by atoms with Crippen molar-refractivity contribution in [2.45, 2.75) is 31.5 Å². The molecule has 0 aromatic carbocycles. The Hall–Kier alpha value is -0.780. The fourth-order valence-electron chi connectivity index (χ4n) is 1.78. The molecule has 0 amide bonds. The summed E-state index contributed by atoms with van der Waals surface area (Å²) in [4.78, 5) is 10.3. The van der Waals surface area contributed by atoms with Crippen molar-refractivity contribution < 1.29 is 23.1 Å². The smallest absolute Gasteiger partial charge is 0.404 e. The van der Waals surface area contributed by atoms with Crippen molar-refractivity contribution in [2.75, 3.05) is 6.54 Å². The molecule has 1 aliphatic heterocycles. The molecule has 0 aromatic rings. The monoisotopic (exact) mass is 211 g/mol. The van der Waals surface area contributed by atoms with Crippen LogP contribution in [0.2, 0.25) is 0 Å². The molecule has 0 radical (unpaired) electrons. The van der Waals surface area contributed by atoms with Crippen molar-refractivity contribution in [3.05, 3.63) is 0 Å². The van der Waals surface area contributed by atoms with Gasteiger partial charge in [-0.1, -0.05) is 0 Å². The van der Waals surface area contributed by atoms with Crippen LogP contribution in [0.1, 0.15) is 19.3 Å². The van der Waals surface area contributed by atoms with Crippen LogP contribution in [0.15, 0.2) is 0 Å². The summed E-state index contributed by atoms with van der Waals surface area (Å²) in [7, 11) is 0. The molecule has 1 rings (SSSR count). The van der Waals surface area contributed by atoms with E-state index in [0.29, 0.717) is 19.4 Å². The SMILES string of the molecule is O=C(O)C[C@H]1CCCN[C@H]1C(F)(F)F. The zero-order valence-electron chi connectivity index (χ0n) is 7.47. The lowest BCUT2D eigenvalue weighted by Crippen LogP contribution is -2.51. The molecule has 1 aliphatic rings. The highest BCUT2D eigenvalue weighted by atomic mass is 19.4. The third kappa shape index (κ3) is 2.87. The number of carboxylic acids is 1. The molecule has 14 heavy (non-hydrogen) atoms. The fraction of sp³-hybridized carbons (Fsp3) is 0.875. The number of rotatable bonds is 2. The first-order valence-electron chi connectivity index (χ1n) is 4.43. The first kappa shape index (κ1) is 11.3. The van der Waals surface area contributed by atoms with E-state index >= 15 is 0 Å². The zero-order chi connectivity index (χ0) is 10.8. The molecule has 2 atom stereocenters. The number of carbonyl (C=O) groups is 1. The maximum Gasteiger partial charge on any atom is 0.404 e. The van der Waals surface area contributed by atoms with E-state index in [-0.39, 0.29) is 0 Å². The molecule has 82 valence electrons. The highest BCUT2D eigenvalue weighted by Crippen LogP contribution is 2.32. The Kier molecular flexibility index (Phi) is 3.36. The van der Waals surface area contributed by atoms with E-state index in [1.54, 1.807) is 0 Å². The number of alkyl halides is 3. The lowest BCUT2D eigenvalue weighted by Gasteiger charge is -2.33. The van der Waals surface area contributed by atoms with E-state index < -0.39 is 30.5 Å². The van der Waals surface area contributed by atoms with E-state index in [1.807, 2.05) is 0 Å². The largest absolute Gasteiger partial charge is 0.481 e. The summed E-state index contributed by atoms with van der Waals surface area (Å²) in [6, 6.07) is -1.66. The molecule has 1 heterocycles. The Labute approximate surface area is 79.3 Å². The van der Waals surface area contributed by atoms with Gasteiger partial charge in [-0.15, -0.1) is 0 Å². The van der Waals surface area contributed by atoms with Gasteiger partial charge in [0, 0.05) is 6.42 Å². The van der Waals surface area contributed by atoms with Gasteiger partial charge in [0.2, 0.25) is 0 Å². The van der Waals surface area contributed by atoms with Gasteiger partial charge in [0.15, 0.2) is 0 Å². The molecule has 3 nitrogen and oxygen atoms in total. The maximum absolute atomic E-state index is 12.4. The van der Waals surface area contributed by atoms with E-state index in [9.17, 15) is 18.0 Å². The summed E-state index contributed by atoms with van der Waals surface area (Å²) < 4.78 is 37.2. The molecule has 0 bridgehead atoms. The molecule has 0 unspecified atom stereocenters. The van der Waals surface area contributed by atoms with Crippen LogP contribution in [-0.4, -0.2) is 29.8 Å². The molecule has 1 saturated heterocycles. The van der Waals surface area contributed by atoms with Crippen LogP contribution in [0.4, 0.5) is 13.2 Å². The molecule has 0 spiro atoms. The fourth-order valence-corrected chi connectivity index (χ4v) is 1.78. The van der Waals surface area contributed by atoms with Crippen LogP contribution in [0.3, 0.4) is 0 Å². The number of carboxylic acid groups (broad SMARTS) is 1. The van der Waals surface area contributed by atoms with Gasteiger partial charge >= 0.3 is 12.1 Å². The first-order chi connectivity index (χ1) is 6.41. The first-order valence-corrected chi connectivity index (χ1v) is 4.43. The molecule has 2 N–H and O–H groups in total. The average molecular weight is 211 g/mol.